The number of carbonyl (C=O) groups excluding carboxylic acids is 1. The Bertz CT molecular complexity index is 343. The predicted molar refractivity (Wildman–Crippen MR) is 62.0 cm³/mol. The maximum absolute atomic E-state index is 11.3. The molecule has 2 aliphatic rings. The Labute approximate surface area is 95.6 Å². The summed E-state index contributed by atoms with van der Waals surface area (Å²) in [4.78, 5) is 15.4. The van der Waals surface area contributed by atoms with Gasteiger partial charge in [0.05, 0.1) is 12.2 Å². The lowest BCUT2D eigenvalue weighted by Gasteiger charge is -2.30. The number of ether oxygens (including phenoxy) is 1. The minimum absolute atomic E-state index is 0.0110. The van der Waals surface area contributed by atoms with Crippen molar-refractivity contribution in [1.82, 2.24) is 0 Å². The first-order chi connectivity index (χ1) is 7.59. The van der Waals surface area contributed by atoms with Gasteiger partial charge in [-0.3, -0.25) is 9.79 Å². The number of aliphatic imine (C=N–C) groups is 1. The van der Waals surface area contributed by atoms with Crippen molar-refractivity contribution in [3.8, 4) is 0 Å². The lowest BCUT2D eigenvalue weighted by atomic mass is 9.84. The van der Waals surface area contributed by atoms with Crippen LogP contribution in [0.3, 0.4) is 0 Å². The van der Waals surface area contributed by atoms with Gasteiger partial charge in [0.25, 0.3) is 5.91 Å². The van der Waals surface area contributed by atoms with E-state index in [1.54, 1.807) is 6.20 Å². The molecule has 0 aromatic rings. The van der Waals surface area contributed by atoms with E-state index in [4.69, 9.17) is 10.5 Å². The smallest absolute Gasteiger partial charge is 0.263 e. The highest BCUT2D eigenvalue weighted by Crippen LogP contribution is 2.31. The van der Waals surface area contributed by atoms with E-state index in [2.05, 4.69) is 18.8 Å². The molecule has 0 bridgehead atoms. The molecular formula is C12H18N2O2. The topological polar surface area (TPSA) is 64.7 Å². The number of nitrogens with zero attached hydrogens (tertiary/aromatic N) is 1. The van der Waals surface area contributed by atoms with Crippen molar-refractivity contribution >= 4 is 11.6 Å². The van der Waals surface area contributed by atoms with Crippen LogP contribution < -0.4 is 5.73 Å². The molecule has 2 rings (SSSR count). The second-order valence-corrected chi connectivity index (χ2v) is 4.79. The molecule has 1 aliphatic carbocycles. The zero-order valence-electron chi connectivity index (χ0n) is 9.72. The largest absolute Gasteiger partial charge is 0.370 e. The van der Waals surface area contributed by atoms with Crippen molar-refractivity contribution in [3.63, 3.8) is 0 Å². The molecule has 1 saturated carbocycles. The average molecular weight is 222 g/mol. The molecule has 1 fully saturated rings. The van der Waals surface area contributed by atoms with Gasteiger partial charge in [0.1, 0.15) is 5.71 Å². The summed E-state index contributed by atoms with van der Waals surface area (Å²) in [5.41, 5.74) is 5.79. The van der Waals surface area contributed by atoms with Crippen molar-refractivity contribution < 1.29 is 9.53 Å². The molecule has 0 aromatic carbocycles. The standard InChI is InChI=1S/C12H18N2O2/c1-7(2)10-9(16-8-3-4-8)5-6-14-11(10)12(13)15/h5-10H,3-4H2,1-2H3,(H2,13,15). The number of primary amides is 1. The number of nitrogens with two attached hydrogens (primary N) is 1. The Kier molecular flexibility index (Phi) is 3.10. The Hall–Kier alpha value is -1.16. The lowest BCUT2D eigenvalue weighted by Crippen LogP contribution is -2.42. The molecule has 1 aliphatic heterocycles. The number of hydrogen-bond acceptors (Lipinski definition) is 3. The van der Waals surface area contributed by atoms with Crippen molar-refractivity contribution in [2.75, 3.05) is 0 Å². The molecule has 4 heteroatoms. The molecule has 4 nitrogen and oxygen atoms in total. The molecule has 2 N–H and O–H groups in total. The summed E-state index contributed by atoms with van der Waals surface area (Å²) < 4.78 is 5.88. The normalized spacial score (nSPS) is 29.3. The van der Waals surface area contributed by atoms with E-state index in [1.807, 2.05) is 6.08 Å². The maximum atomic E-state index is 11.3. The molecule has 0 saturated heterocycles. The highest BCUT2D eigenvalue weighted by molar-refractivity contribution is 6.39. The number of amides is 1. The van der Waals surface area contributed by atoms with Gasteiger partial charge < -0.3 is 10.5 Å². The molecule has 0 spiro atoms. The van der Waals surface area contributed by atoms with E-state index in [0.29, 0.717) is 17.7 Å². The third kappa shape index (κ3) is 2.32. The first-order valence-corrected chi connectivity index (χ1v) is 5.79. The van der Waals surface area contributed by atoms with E-state index in [1.165, 1.54) is 0 Å². The minimum atomic E-state index is -0.438. The highest BCUT2D eigenvalue weighted by Gasteiger charge is 2.36. The first-order valence-electron chi connectivity index (χ1n) is 5.79. The molecule has 2 unspecified atom stereocenters. The summed E-state index contributed by atoms with van der Waals surface area (Å²) in [6.45, 7) is 4.12. The molecule has 16 heavy (non-hydrogen) atoms. The van der Waals surface area contributed by atoms with Crippen LogP contribution in [0.15, 0.2) is 17.3 Å². The molecule has 1 heterocycles. The van der Waals surface area contributed by atoms with Gasteiger partial charge in [-0.2, -0.15) is 0 Å². The average Bonchev–Trinajstić information content (AvgIpc) is 3.00. The summed E-state index contributed by atoms with van der Waals surface area (Å²) in [5, 5.41) is 0. The monoisotopic (exact) mass is 222 g/mol. The molecule has 1 amide bonds. The predicted octanol–water partition coefficient (Wildman–Crippen LogP) is 1.26. The van der Waals surface area contributed by atoms with Crippen LogP contribution in [0.25, 0.3) is 0 Å². The van der Waals surface area contributed by atoms with E-state index < -0.39 is 5.91 Å². The molecule has 2 atom stereocenters. The van der Waals surface area contributed by atoms with E-state index in [9.17, 15) is 4.79 Å². The van der Waals surface area contributed by atoms with Crippen LogP contribution in [0.5, 0.6) is 0 Å². The lowest BCUT2D eigenvalue weighted by molar-refractivity contribution is -0.112. The van der Waals surface area contributed by atoms with Crippen LogP contribution in [0.1, 0.15) is 26.7 Å². The van der Waals surface area contributed by atoms with E-state index >= 15 is 0 Å². The summed E-state index contributed by atoms with van der Waals surface area (Å²) in [6, 6.07) is 0. The van der Waals surface area contributed by atoms with Crippen LogP contribution in [-0.4, -0.2) is 23.8 Å². The third-order valence-electron chi connectivity index (χ3n) is 3.00. The van der Waals surface area contributed by atoms with Gasteiger partial charge in [-0.1, -0.05) is 13.8 Å². The van der Waals surface area contributed by atoms with Gasteiger partial charge >= 0.3 is 0 Å². The Morgan fingerprint density at radius 1 is 1.56 bits per heavy atom. The first kappa shape index (κ1) is 11.3. The fourth-order valence-corrected chi connectivity index (χ4v) is 2.05. The fourth-order valence-electron chi connectivity index (χ4n) is 2.05. The Morgan fingerprint density at radius 2 is 2.25 bits per heavy atom. The highest BCUT2D eigenvalue weighted by atomic mass is 16.5. The van der Waals surface area contributed by atoms with Gasteiger partial charge in [0, 0.05) is 12.1 Å². The Balaban J connectivity index is 2.16. The zero-order valence-corrected chi connectivity index (χ0v) is 9.72. The number of rotatable bonds is 4. The summed E-state index contributed by atoms with van der Waals surface area (Å²) in [5.74, 6) is -0.157. The van der Waals surface area contributed by atoms with E-state index in [-0.39, 0.29) is 12.0 Å². The van der Waals surface area contributed by atoms with Gasteiger partial charge in [-0.05, 0) is 24.8 Å². The van der Waals surface area contributed by atoms with Crippen molar-refractivity contribution in [3.05, 3.63) is 12.3 Å². The fraction of sp³-hybridized carbons (Fsp3) is 0.667. The van der Waals surface area contributed by atoms with Crippen LogP contribution in [-0.2, 0) is 9.53 Å². The van der Waals surface area contributed by atoms with Crippen LogP contribution in [0, 0.1) is 11.8 Å². The third-order valence-corrected chi connectivity index (χ3v) is 3.00. The quantitative estimate of drug-likeness (QED) is 0.778. The second-order valence-electron chi connectivity index (χ2n) is 4.79. The van der Waals surface area contributed by atoms with Crippen molar-refractivity contribution in [2.24, 2.45) is 22.6 Å². The number of carbonyl (C=O) groups is 1. The van der Waals surface area contributed by atoms with Gasteiger partial charge in [0.15, 0.2) is 0 Å². The summed E-state index contributed by atoms with van der Waals surface area (Å²) >= 11 is 0. The van der Waals surface area contributed by atoms with Crippen LogP contribution in [0.4, 0.5) is 0 Å². The molecular weight excluding hydrogens is 204 g/mol. The van der Waals surface area contributed by atoms with Crippen molar-refractivity contribution in [2.45, 2.75) is 38.9 Å². The molecule has 0 radical (unpaired) electrons. The maximum Gasteiger partial charge on any atom is 0.263 e. The van der Waals surface area contributed by atoms with Crippen LogP contribution in [0.2, 0.25) is 0 Å². The zero-order chi connectivity index (χ0) is 11.7. The van der Waals surface area contributed by atoms with Gasteiger partial charge in [-0.25, -0.2) is 0 Å². The minimum Gasteiger partial charge on any atom is -0.370 e. The summed E-state index contributed by atoms with van der Waals surface area (Å²) in [7, 11) is 0. The van der Waals surface area contributed by atoms with Gasteiger partial charge in [-0.15, -0.1) is 0 Å². The summed E-state index contributed by atoms with van der Waals surface area (Å²) in [6.07, 6.45) is 6.12. The Morgan fingerprint density at radius 3 is 2.75 bits per heavy atom. The van der Waals surface area contributed by atoms with Crippen molar-refractivity contribution in [1.29, 1.82) is 0 Å². The second kappa shape index (κ2) is 4.37. The SMILES string of the molecule is CC(C)C1C(C(N)=O)=NC=CC1OC1CC1. The molecule has 0 aromatic heterocycles. The van der Waals surface area contributed by atoms with E-state index in [0.717, 1.165) is 12.8 Å². The van der Waals surface area contributed by atoms with Gasteiger partial charge in [0.2, 0.25) is 0 Å². The number of hydrogen-bond donors (Lipinski definition) is 1. The van der Waals surface area contributed by atoms with Crippen LogP contribution >= 0.6 is 0 Å². The molecule has 88 valence electrons.